The normalized spacial score (nSPS) is 17.5. The van der Waals surface area contributed by atoms with E-state index in [4.69, 9.17) is 5.11 Å². The van der Waals surface area contributed by atoms with Crippen molar-refractivity contribution in [3.63, 3.8) is 0 Å². The first-order chi connectivity index (χ1) is 12.1. The van der Waals surface area contributed by atoms with E-state index in [-0.39, 0.29) is 32.5 Å². The van der Waals surface area contributed by atoms with Crippen LogP contribution in [0.2, 0.25) is 0 Å². The molecule has 0 amide bonds. The minimum Gasteiger partial charge on any atom is -0.481 e. The molecular weight excluding hydrogens is 373 g/mol. The van der Waals surface area contributed by atoms with Crippen LogP contribution in [0.15, 0.2) is 30.3 Å². The Labute approximate surface area is 150 Å². The molecule has 0 saturated carbocycles. The van der Waals surface area contributed by atoms with E-state index < -0.39 is 41.2 Å². The van der Waals surface area contributed by atoms with Crippen LogP contribution in [0.1, 0.15) is 24.8 Å². The maximum atomic E-state index is 12.8. The SMILES string of the molecule is O=C(O)C1CCN(S(=O)(=O)N(CCC(F)(F)F)Cc2ccccc2)CC1. The molecule has 146 valence electrons. The molecule has 1 aromatic rings. The summed E-state index contributed by atoms with van der Waals surface area (Å²) in [5, 5.41) is 9.00. The number of piperidine rings is 1. The highest BCUT2D eigenvalue weighted by atomic mass is 32.2. The molecule has 1 aromatic carbocycles. The van der Waals surface area contributed by atoms with Gasteiger partial charge in [0.1, 0.15) is 0 Å². The molecule has 2 rings (SSSR count). The third-order valence-corrected chi connectivity index (χ3v) is 6.28. The number of halogens is 3. The van der Waals surface area contributed by atoms with E-state index in [1.54, 1.807) is 30.3 Å². The van der Waals surface area contributed by atoms with E-state index >= 15 is 0 Å². The van der Waals surface area contributed by atoms with Gasteiger partial charge in [-0.15, -0.1) is 0 Å². The fourth-order valence-corrected chi connectivity index (χ4v) is 4.44. The fourth-order valence-electron chi connectivity index (χ4n) is 2.81. The second kappa shape index (κ2) is 8.36. The van der Waals surface area contributed by atoms with Crippen LogP contribution in [0.25, 0.3) is 0 Å². The summed E-state index contributed by atoms with van der Waals surface area (Å²) in [7, 11) is -4.12. The number of nitrogens with zero attached hydrogens (tertiary/aromatic N) is 2. The molecule has 0 radical (unpaired) electrons. The lowest BCUT2D eigenvalue weighted by Gasteiger charge is -2.34. The van der Waals surface area contributed by atoms with E-state index in [0.29, 0.717) is 5.56 Å². The van der Waals surface area contributed by atoms with Gasteiger partial charge in [0, 0.05) is 26.2 Å². The summed E-state index contributed by atoms with van der Waals surface area (Å²) in [4.78, 5) is 11.0. The maximum absolute atomic E-state index is 12.8. The Balaban J connectivity index is 2.15. The first kappa shape index (κ1) is 20.7. The smallest absolute Gasteiger partial charge is 0.390 e. The first-order valence-corrected chi connectivity index (χ1v) is 9.58. The van der Waals surface area contributed by atoms with Crippen molar-refractivity contribution in [3.05, 3.63) is 35.9 Å². The number of hydrogen-bond acceptors (Lipinski definition) is 3. The Kier molecular flexibility index (Phi) is 6.64. The molecule has 6 nitrogen and oxygen atoms in total. The average molecular weight is 394 g/mol. The third-order valence-electron chi connectivity index (χ3n) is 4.30. The molecule has 1 saturated heterocycles. The average Bonchev–Trinajstić information content (AvgIpc) is 2.58. The van der Waals surface area contributed by atoms with Crippen LogP contribution in [0.3, 0.4) is 0 Å². The number of carboxylic acids is 1. The molecule has 1 aliphatic rings. The van der Waals surface area contributed by atoms with Gasteiger partial charge in [0.05, 0.1) is 12.3 Å². The van der Waals surface area contributed by atoms with Crippen LogP contribution in [0, 0.1) is 5.92 Å². The summed E-state index contributed by atoms with van der Waals surface area (Å²) in [6.07, 6.45) is -5.43. The van der Waals surface area contributed by atoms with Crippen LogP contribution < -0.4 is 0 Å². The number of carboxylic acid groups (broad SMARTS) is 1. The fraction of sp³-hybridized carbons (Fsp3) is 0.562. The quantitative estimate of drug-likeness (QED) is 0.771. The predicted molar refractivity (Wildman–Crippen MR) is 88.4 cm³/mol. The van der Waals surface area contributed by atoms with Crippen molar-refractivity contribution in [2.45, 2.75) is 32.0 Å². The van der Waals surface area contributed by atoms with Crippen LogP contribution in [-0.4, -0.2) is 53.9 Å². The van der Waals surface area contributed by atoms with Gasteiger partial charge < -0.3 is 5.11 Å². The monoisotopic (exact) mass is 394 g/mol. The van der Waals surface area contributed by atoms with Crippen molar-refractivity contribution in [1.29, 1.82) is 0 Å². The van der Waals surface area contributed by atoms with Gasteiger partial charge in [0.15, 0.2) is 0 Å². The van der Waals surface area contributed by atoms with Crippen LogP contribution in [-0.2, 0) is 21.5 Å². The number of alkyl halides is 3. The molecule has 0 unspecified atom stereocenters. The van der Waals surface area contributed by atoms with Crippen LogP contribution >= 0.6 is 0 Å². The van der Waals surface area contributed by atoms with Gasteiger partial charge in [-0.3, -0.25) is 4.79 Å². The zero-order valence-corrected chi connectivity index (χ0v) is 14.8. The van der Waals surface area contributed by atoms with Gasteiger partial charge >= 0.3 is 12.1 Å². The number of benzene rings is 1. The van der Waals surface area contributed by atoms with Gasteiger partial charge in [-0.2, -0.15) is 30.2 Å². The van der Waals surface area contributed by atoms with Gasteiger partial charge in [0.2, 0.25) is 0 Å². The minimum absolute atomic E-state index is 0.0173. The molecule has 0 spiro atoms. The van der Waals surface area contributed by atoms with Crippen molar-refractivity contribution < 1.29 is 31.5 Å². The number of rotatable bonds is 7. The predicted octanol–water partition coefficient (Wildman–Crippen LogP) is 2.48. The minimum atomic E-state index is -4.47. The van der Waals surface area contributed by atoms with Crippen molar-refractivity contribution in [3.8, 4) is 0 Å². The van der Waals surface area contributed by atoms with Crippen LogP contribution in [0.4, 0.5) is 13.2 Å². The molecular formula is C16H21F3N2O4S. The van der Waals surface area contributed by atoms with E-state index in [2.05, 4.69) is 0 Å². The van der Waals surface area contributed by atoms with Crippen LogP contribution in [0.5, 0.6) is 0 Å². The molecule has 1 aliphatic heterocycles. The lowest BCUT2D eigenvalue weighted by atomic mass is 9.99. The second-order valence-corrected chi connectivity index (χ2v) is 8.13. The lowest BCUT2D eigenvalue weighted by Crippen LogP contribution is -2.48. The zero-order chi connectivity index (χ0) is 19.4. The Morgan fingerprint density at radius 2 is 1.77 bits per heavy atom. The molecule has 0 atom stereocenters. The van der Waals surface area contributed by atoms with Crippen molar-refractivity contribution in [2.75, 3.05) is 19.6 Å². The van der Waals surface area contributed by atoms with E-state index in [1.165, 1.54) is 0 Å². The summed E-state index contributed by atoms with van der Waals surface area (Å²) in [5.74, 6) is -1.61. The van der Waals surface area contributed by atoms with Gasteiger partial charge in [-0.1, -0.05) is 30.3 Å². The van der Waals surface area contributed by atoms with Gasteiger partial charge in [-0.25, -0.2) is 0 Å². The Morgan fingerprint density at radius 3 is 2.27 bits per heavy atom. The second-order valence-electron chi connectivity index (χ2n) is 6.20. The number of aliphatic carboxylic acids is 1. The van der Waals surface area contributed by atoms with Crippen molar-refractivity contribution in [2.24, 2.45) is 5.92 Å². The Hall–Kier alpha value is -1.65. The first-order valence-electron chi connectivity index (χ1n) is 8.18. The van der Waals surface area contributed by atoms with E-state index in [9.17, 15) is 26.4 Å². The lowest BCUT2D eigenvalue weighted by molar-refractivity contribution is -0.143. The summed E-state index contributed by atoms with van der Waals surface area (Å²) >= 11 is 0. The molecule has 0 aromatic heterocycles. The Bertz CT molecular complexity index is 702. The highest BCUT2D eigenvalue weighted by Crippen LogP contribution is 2.25. The molecule has 1 N–H and O–H groups in total. The maximum Gasteiger partial charge on any atom is 0.390 e. The Morgan fingerprint density at radius 1 is 1.19 bits per heavy atom. The molecule has 26 heavy (non-hydrogen) atoms. The summed E-state index contributed by atoms with van der Waals surface area (Å²) < 4.78 is 65.4. The molecule has 1 heterocycles. The van der Waals surface area contributed by atoms with Gasteiger partial charge in [0.25, 0.3) is 10.2 Å². The molecule has 0 bridgehead atoms. The topological polar surface area (TPSA) is 77.9 Å². The van der Waals surface area contributed by atoms with Crippen molar-refractivity contribution in [1.82, 2.24) is 8.61 Å². The van der Waals surface area contributed by atoms with E-state index in [0.717, 1.165) is 8.61 Å². The molecule has 0 aliphatic carbocycles. The number of carbonyl (C=O) groups is 1. The summed E-state index contributed by atoms with van der Waals surface area (Å²) in [6.45, 7) is -0.884. The highest BCUT2D eigenvalue weighted by Gasteiger charge is 2.37. The summed E-state index contributed by atoms with van der Waals surface area (Å²) in [5.41, 5.74) is 0.582. The van der Waals surface area contributed by atoms with Crippen molar-refractivity contribution >= 4 is 16.2 Å². The van der Waals surface area contributed by atoms with Gasteiger partial charge in [-0.05, 0) is 18.4 Å². The largest absolute Gasteiger partial charge is 0.481 e. The summed E-state index contributed by atoms with van der Waals surface area (Å²) in [6, 6.07) is 8.39. The number of hydrogen-bond donors (Lipinski definition) is 1. The zero-order valence-electron chi connectivity index (χ0n) is 14.0. The molecule has 10 heteroatoms. The highest BCUT2D eigenvalue weighted by molar-refractivity contribution is 7.86. The van der Waals surface area contributed by atoms with E-state index in [1.807, 2.05) is 0 Å². The third kappa shape index (κ3) is 5.68. The molecule has 1 fully saturated rings. The standard InChI is InChI=1S/C16H21F3N2O4S/c17-16(18,19)8-11-21(12-13-4-2-1-3-5-13)26(24,25)20-9-6-14(7-10-20)15(22)23/h1-5,14H,6-12H2,(H,22,23).